The maximum absolute atomic E-state index is 12.8. The Morgan fingerprint density at radius 1 is 1.12 bits per heavy atom. The van der Waals surface area contributed by atoms with E-state index in [-0.39, 0.29) is 11.8 Å². The number of nitrogens with one attached hydrogen (secondary N) is 1. The quantitative estimate of drug-likeness (QED) is 0.552. The van der Waals surface area contributed by atoms with Gasteiger partial charge in [-0.2, -0.15) is 10.1 Å². The Morgan fingerprint density at radius 2 is 2.00 bits per heavy atom. The van der Waals surface area contributed by atoms with Crippen molar-refractivity contribution in [1.82, 2.24) is 14.8 Å². The summed E-state index contributed by atoms with van der Waals surface area (Å²) in [5, 5.41) is 8.61. The first-order valence-electron chi connectivity index (χ1n) is 10.2. The summed E-state index contributed by atoms with van der Waals surface area (Å²) in [6, 6.07) is 10.7. The van der Waals surface area contributed by atoms with E-state index in [1.807, 2.05) is 24.3 Å². The normalized spacial score (nSPS) is 17.5. The van der Waals surface area contributed by atoms with Crippen LogP contribution in [0, 0.1) is 0 Å². The van der Waals surface area contributed by atoms with Crippen molar-refractivity contribution in [2.24, 2.45) is 0 Å². The molecule has 9 heteroatoms. The van der Waals surface area contributed by atoms with E-state index >= 15 is 0 Å². The molecule has 3 aromatic rings. The molecule has 0 saturated carbocycles. The highest BCUT2D eigenvalue weighted by molar-refractivity contribution is 6.42. The monoisotopic (exact) mass is 470 g/mol. The smallest absolute Gasteiger partial charge is 0.226 e. The van der Waals surface area contributed by atoms with E-state index in [1.165, 1.54) is 6.33 Å². The number of hydrogen-bond acceptors (Lipinski definition) is 6. The second kappa shape index (κ2) is 8.48. The van der Waals surface area contributed by atoms with Gasteiger partial charge in [-0.1, -0.05) is 35.3 Å². The van der Waals surface area contributed by atoms with Crippen LogP contribution >= 0.6 is 23.2 Å². The van der Waals surface area contributed by atoms with Gasteiger partial charge >= 0.3 is 0 Å². The number of carbonyl (C=O) groups excluding carboxylic acids is 1. The van der Waals surface area contributed by atoms with Crippen LogP contribution in [0.3, 0.4) is 0 Å². The standard InChI is InChI=1S/C23H20Cl2N4O3/c1-31-20-10-14(6-8-19(20)32-11-13-5-7-15(24)16(25)9-13)22-21-17(3-2-4-18(21)30)28-23-26-12-27-29(22)23/h5-10,12,22H,2-4,11H2,1H3,(H,26,27,28)/t22-/m0/s1. The lowest BCUT2D eigenvalue weighted by atomic mass is 9.85. The zero-order chi connectivity index (χ0) is 22.2. The van der Waals surface area contributed by atoms with E-state index in [4.69, 9.17) is 32.7 Å². The second-order valence-electron chi connectivity index (χ2n) is 7.67. The van der Waals surface area contributed by atoms with Gasteiger partial charge in [-0.25, -0.2) is 4.68 Å². The van der Waals surface area contributed by atoms with E-state index in [2.05, 4.69) is 15.4 Å². The molecule has 0 spiro atoms. The van der Waals surface area contributed by atoms with Gasteiger partial charge in [0, 0.05) is 17.7 Å². The zero-order valence-corrected chi connectivity index (χ0v) is 18.8. The minimum atomic E-state index is -0.366. The first kappa shape index (κ1) is 20.8. The Hall–Kier alpha value is -3.03. The summed E-state index contributed by atoms with van der Waals surface area (Å²) in [4.78, 5) is 17.1. The number of benzene rings is 2. The van der Waals surface area contributed by atoms with Crippen molar-refractivity contribution in [3.05, 3.63) is 75.2 Å². The number of carbonyl (C=O) groups is 1. The predicted molar refractivity (Wildman–Crippen MR) is 121 cm³/mol. The van der Waals surface area contributed by atoms with Crippen LogP contribution in [0.1, 0.15) is 36.4 Å². The molecule has 1 aliphatic carbocycles. The molecule has 1 N–H and O–H groups in total. The topological polar surface area (TPSA) is 78.3 Å². The van der Waals surface area contributed by atoms with Gasteiger partial charge < -0.3 is 14.8 Å². The van der Waals surface area contributed by atoms with Crippen LogP contribution in [0.2, 0.25) is 10.0 Å². The summed E-state index contributed by atoms with van der Waals surface area (Å²) in [6.45, 7) is 0.307. The van der Waals surface area contributed by atoms with Crippen LogP contribution in [-0.4, -0.2) is 27.7 Å². The average molecular weight is 471 g/mol. The van der Waals surface area contributed by atoms with Crippen molar-refractivity contribution < 1.29 is 14.3 Å². The van der Waals surface area contributed by atoms with Crippen LogP contribution in [0.25, 0.3) is 0 Å². The van der Waals surface area contributed by atoms with Gasteiger partial charge in [-0.3, -0.25) is 4.79 Å². The maximum Gasteiger partial charge on any atom is 0.226 e. The fourth-order valence-corrected chi connectivity index (χ4v) is 4.49. The lowest BCUT2D eigenvalue weighted by Gasteiger charge is -2.32. The molecule has 0 unspecified atom stereocenters. The summed E-state index contributed by atoms with van der Waals surface area (Å²) >= 11 is 12.1. The van der Waals surface area contributed by atoms with Crippen molar-refractivity contribution in [1.29, 1.82) is 0 Å². The third-order valence-corrected chi connectivity index (χ3v) is 6.43. The fourth-order valence-electron chi connectivity index (χ4n) is 4.17. The van der Waals surface area contributed by atoms with Crippen LogP contribution in [0.4, 0.5) is 5.95 Å². The van der Waals surface area contributed by atoms with Crippen molar-refractivity contribution in [3.8, 4) is 11.5 Å². The number of ketones is 1. The summed E-state index contributed by atoms with van der Waals surface area (Å²) in [5.41, 5.74) is 3.42. The molecular weight excluding hydrogens is 451 g/mol. The predicted octanol–water partition coefficient (Wildman–Crippen LogP) is 5.19. The minimum absolute atomic E-state index is 0.129. The van der Waals surface area contributed by atoms with Crippen LogP contribution in [0.15, 0.2) is 54.0 Å². The number of nitrogens with zero attached hydrogens (tertiary/aromatic N) is 3. The zero-order valence-electron chi connectivity index (χ0n) is 17.3. The maximum atomic E-state index is 12.8. The van der Waals surface area contributed by atoms with Crippen LogP contribution in [-0.2, 0) is 11.4 Å². The molecule has 5 rings (SSSR count). The number of anilines is 1. The van der Waals surface area contributed by atoms with Crippen LogP contribution < -0.4 is 14.8 Å². The first-order chi connectivity index (χ1) is 15.5. The molecule has 2 aliphatic rings. The molecule has 1 aromatic heterocycles. The Morgan fingerprint density at radius 3 is 2.81 bits per heavy atom. The van der Waals surface area contributed by atoms with Crippen molar-refractivity contribution in [2.45, 2.75) is 31.9 Å². The van der Waals surface area contributed by atoms with Crippen molar-refractivity contribution in [2.75, 3.05) is 12.4 Å². The van der Waals surface area contributed by atoms with Gasteiger partial charge in [-0.05, 0) is 48.2 Å². The largest absolute Gasteiger partial charge is 0.493 e. The molecule has 1 aliphatic heterocycles. The van der Waals surface area contributed by atoms with Crippen molar-refractivity contribution in [3.63, 3.8) is 0 Å². The number of methoxy groups -OCH3 is 1. The van der Waals surface area contributed by atoms with E-state index in [0.29, 0.717) is 40.5 Å². The SMILES string of the molecule is COc1cc([C@H]2C3=C(CCCC3=O)Nc3ncnn32)ccc1OCc1ccc(Cl)c(Cl)c1. The molecule has 0 amide bonds. The molecule has 0 bridgehead atoms. The third kappa shape index (κ3) is 3.72. The molecule has 0 radical (unpaired) electrons. The molecular formula is C23H20Cl2N4O3. The molecule has 7 nitrogen and oxygen atoms in total. The number of Topliss-reactive ketones (excluding diaryl/α,β-unsaturated/α-hetero) is 1. The molecule has 0 fully saturated rings. The lowest BCUT2D eigenvalue weighted by Crippen LogP contribution is -2.31. The van der Waals surface area contributed by atoms with Gasteiger partial charge in [0.15, 0.2) is 17.3 Å². The fraction of sp³-hybridized carbons (Fsp3) is 0.261. The Balaban J connectivity index is 1.47. The Kier molecular flexibility index (Phi) is 5.53. The second-order valence-corrected chi connectivity index (χ2v) is 8.49. The summed E-state index contributed by atoms with van der Waals surface area (Å²) < 4.78 is 13.3. The number of ether oxygens (including phenoxy) is 2. The van der Waals surface area contributed by atoms with E-state index in [0.717, 1.165) is 35.2 Å². The summed E-state index contributed by atoms with van der Waals surface area (Å²) in [6.07, 6.45) is 3.66. The highest BCUT2D eigenvalue weighted by Gasteiger charge is 2.36. The highest BCUT2D eigenvalue weighted by atomic mass is 35.5. The summed E-state index contributed by atoms with van der Waals surface area (Å²) in [5.74, 6) is 1.90. The number of hydrogen-bond donors (Lipinski definition) is 1. The number of aromatic nitrogens is 3. The molecule has 164 valence electrons. The van der Waals surface area contributed by atoms with Gasteiger partial charge in [0.25, 0.3) is 0 Å². The molecule has 2 heterocycles. The highest BCUT2D eigenvalue weighted by Crippen LogP contribution is 2.41. The van der Waals surface area contributed by atoms with Gasteiger partial charge in [0.1, 0.15) is 19.0 Å². The first-order valence-corrected chi connectivity index (χ1v) is 11.0. The van der Waals surface area contributed by atoms with Gasteiger partial charge in [-0.15, -0.1) is 0 Å². The third-order valence-electron chi connectivity index (χ3n) is 5.69. The number of halogens is 2. The Labute approximate surface area is 195 Å². The van der Waals surface area contributed by atoms with E-state index < -0.39 is 0 Å². The molecule has 2 aromatic carbocycles. The van der Waals surface area contributed by atoms with Crippen molar-refractivity contribution >= 4 is 34.9 Å². The minimum Gasteiger partial charge on any atom is -0.493 e. The van der Waals surface area contributed by atoms with Gasteiger partial charge in [0.05, 0.1) is 17.2 Å². The molecule has 1 atom stereocenters. The Bertz CT molecular complexity index is 1240. The summed E-state index contributed by atoms with van der Waals surface area (Å²) in [7, 11) is 1.59. The lowest BCUT2D eigenvalue weighted by molar-refractivity contribution is -0.116. The number of rotatable bonds is 5. The molecule has 32 heavy (non-hydrogen) atoms. The number of fused-ring (bicyclic) bond motifs is 1. The average Bonchev–Trinajstić information content (AvgIpc) is 3.27. The number of allylic oxidation sites excluding steroid dienone is 2. The van der Waals surface area contributed by atoms with Crippen LogP contribution in [0.5, 0.6) is 11.5 Å². The van der Waals surface area contributed by atoms with Gasteiger partial charge in [0.2, 0.25) is 5.95 Å². The molecule has 0 saturated heterocycles. The van der Waals surface area contributed by atoms with E-state index in [1.54, 1.807) is 23.9 Å². The van der Waals surface area contributed by atoms with E-state index in [9.17, 15) is 4.79 Å².